The van der Waals surface area contributed by atoms with Crippen molar-refractivity contribution in [2.24, 2.45) is 0 Å². The summed E-state index contributed by atoms with van der Waals surface area (Å²) in [6.45, 7) is 1.19. The zero-order valence-electron chi connectivity index (χ0n) is 5.07. The quantitative estimate of drug-likeness (QED) is 0.469. The van der Waals surface area contributed by atoms with Gasteiger partial charge in [0.05, 0.1) is 0 Å². The maximum Gasteiger partial charge on any atom is 0.163 e. The largest absolute Gasteiger partial charge is 0.238 e. The molecule has 1 aliphatic carbocycles. The van der Waals surface area contributed by atoms with E-state index in [0.29, 0.717) is 0 Å². The highest BCUT2D eigenvalue weighted by Gasteiger charge is 2.31. The number of alkyl halides is 2. The van der Waals surface area contributed by atoms with Crippen molar-refractivity contribution >= 4 is 0 Å². The summed E-state index contributed by atoms with van der Waals surface area (Å²) >= 11 is 0. The molecule has 0 nitrogen and oxygen atoms in total. The maximum atomic E-state index is 12.7. The average Bonchev–Trinajstić information content (AvgIpc) is 1.77. The van der Waals surface area contributed by atoms with Gasteiger partial charge in [-0.2, -0.15) is 0 Å². The Morgan fingerprint density at radius 2 is 2.33 bits per heavy atom. The minimum absolute atomic E-state index is 1.19. The van der Waals surface area contributed by atoms with Crippen LogP contribution in [0.25, 0.3) is 0 Å². The lowest BCUT2D eigenvalue weighted by molar-refractivity contribution is 0.139. The zero-order valence-corrected chi connectivity index (χ0v) is 5.07. The van der Waals surface area contributed by atoms with Gasteiger partial charge in [-0.3, -0.25) is 0 Å². The number of allylic oxidation sites excluding steroid dienone is 4. The van der Waals surface area contributed by atoms with Crippen molar-refractivity contribution in [3.8, 4) is 0 Å². The van der Waals surface area contributed by atoms with Gasteiger partial charge in [0.15, 0.2) is 11.8 Å². The number of hydrogen-bond acceptors (Lipinski definition) is 0. The molecule has 1 radical (unpaired) electrons. The van der Waals surface area contributed by atoms with Gasteiger partial charge in [-0.25, -0.2) is 8.78 Å². The Bertz CT molecular complexity index is 156. The number of hydrogen-bond donors (Lipinski definition) is 0. The molecular weight excluding hydrogens is 122 g/mol. The van der Waals surface area contributed by atoms with Gasteiger partial charge in [-0.1, -0.05) is 12.2 Å². The molecule has 1 aliphatic rings. The molecule has 0 amide bonds. The minimum atomic E-state index is -1.85. The van der Waals surface area contributed by atoms with E-state index < -0.39 is 11.8 Å². The van der Waals surface area contributed by atoms with Crippen LogP contribution in [0.1, 0.15) is 6.92 Å². The van der Waals surface area contributed by atoms with Crippen molar-refractivity contribution in [3.63, 3.8) is 0 Å². The van der Waals surface area contributed by atoms with Crippen LogP contribution in [0.15, 0.2) is 18.2 Å². The summed E-state index contributed by atoms with van der Waals surface area (Å²) in [7, 11) is 0. The van der Waals surface area contributed by atoms with E-state index in [-0.39, 0.29) is 0 Å². The van der Waals surface area contributed by atoms with Crippen LogP contribution in [0, 0.1) is 6.08 Å². The van der Waals surface area contributed by atoms with Crippen LogP contribution < -0.4 is 0 Å². The summed E-state index contributed by atoms with van der Waals surface area (Å²) in [5.41, 5.74) is -1.85. The number of rotatable bonds is 0. The molecule has 1 rings (SSSR count). The fraction of sp³-hybridized carbons (Fsp3) is 0.429. The highest BCUT2D eigenvalue weighted by molar-refractivity contribution is 5.18. The monoisotopic (exact) mass is 129 g/mol. The Labute approximate surface area is 52.9 Å². The van der Waals surface area contributed by atoms with E-state index in [9.17, 15) is 8.78 Å². The molecule has 0 aliphatic heterocycles. The highest BCUT2D eigenvalue weighted by Crippen LogP contribution is 2.23. The predicted octanol–water partition coefficient (Wildman–Crippen LogP) is 1.98. The van der Waals surface area contributed by atoms with Gasteiger partial charge in [-0.15, -0.1) is 0 Å². The first-order chi connectivity index (χ1) is 4.13. The first-order valence-electron chi connectivity index (χ1n) is 2.73. The molecule has 0 heterocycles. The molecule has 2 heteroatoms. The van der Waals surface area contributed by atoms with Gasteiger partial charge >= 0.3 is 0 Å². The van der Waals surface area contributed by atoms with Crippen molar-refractivity contribution in [3.05, 3.63) is 24.3 Å². The third-order valence-electron chi connectivity index (χ3n) is 1.26. The second-order valence-electron chi connectivity index (χ2n) is 2.21. The first kappa shape index (κ1) is 6.46. The smallest absolute Gasteiger partial charge is 0.163 e. The van der Waals surface area contributed by atoms with Gasteiger partial charge < -0.3 is 0 Å². The molecule has 0 aromatic rings. The van der Waals surface area contributed by atoms with Crippen LogP contribution >= 0.6 is 0 Å². The van der Waals surface area contributed by atoms with Crippen LogP contribution in [0.5, 0.6) is 0 Å². The van der Waals surface area contributed by atoms with E-state index in [4.69, 9.17) is 0 Å². The third kappa shape index (κ3) is 1.18. The standard InChI is InChI=1S/C7H7F2/c1-7(9)5-3-2-4-6(7)8/h2-3,5-6H,1H3. The van der Waals surface area contributed by atoms with Crippen molar-refractivity contribution in [1.29, 1.82) is 0 Å². The molecule has 0 fully saturated rings. The normalized spacial score (nSPS) is 41.4. The Morgan fingerprint density at radius 1 is 1.67 bits per heavy atom. The average molecular weight is 129 g/mol. The second kappa shape index (κ2) is 1.94. The van der Waals surface area contributed by atoms with Gasteiger partial charge in [0, 0.05) is 0 Å². The van der Waals surface area contributed by atoms with Gasteiger partial charge in [0.2, 0.25) is 0 Å². The zero-order chi connectivity index (χ0) is 6.91. The van der Waals surface area contributed by atoms with Crippen molar-refractivity contribution < 1.29 is 8.78 Å². The molecule has 2 unspecified atom stereocenters. The second-order valence-corrected chi connectivity index (χ2v) is 2.21. The SMILES string of the molecule is CC1(F)C=CC=[C]C1F. The Balaban J connectivity index is 2.78. The molecule has 0 aromatic heterocycles. The van der Waals surface area contributed by atoms with E-state index in [1.54, 1.807) is 0 Å². The lowest BCUT2D eigenvalue weighted by Crippen LogP contribution is -2.28. The molecule has 0 saturated heterocycles. The summed E-state index contributed by atoms with van der Waals surface area (Å²) < 4.78 is 25.1. The maximum absolute atomic E-state index is 12.7. The van der Waals surface area contributed by atoms with Crippen LogP contribution in [-0.4, -0.2) is 11.8 Å². The first-order valence-corrected chi connectivity index (χ1v) is 2.73. The fourth-order valence-electron chi connectivity index (χ4n) is 0.624. The van der Waals surface area contributed by atoms with Crippen molar-refractivity contribution in [2.75, 3.05) is 0 Å². The van der Waals surface area contributed by atoms with Crippen molar-refractivity contribution in [1.82, 2.24) is 0 Å². The van der Waals surface area contributed by atoms with Crippen LogP contribution in [0.2, 0.25) is 0 Å². The summed E-state index contributed by atoms with van der Waals surface area (Å²) in [6.07, 6.45) is 4.63. The molecular formula is C7H7F2. The van der Waals surface area contributed by atoms with Crippen molar-refractivity contribution in [2.45, 2.75) is 18.8 Å². The molecule has 0 bridgehead atoms. The lowest BCUT2D eigenvalue weighted by Gasteiger charge is -2.19. The minimum Gasteiger partial charge on any atom is -0.238 e. The molecule has 0 N–H and O–H groups in total. The van der Waals surface area contributed by atoms with E-state index >= 15 is 0 Å². The summed E-state index contributed by atoms with van der Waals surface area (Å²) in [6, 6.07) is 0. The van der Waals surface area contributed by atoms with Gasteiger partial charge in [0.25, 0.3) is 0 Å². The predicted molar refractivity (Wildman–Crippen MR) is 31.4 cm³/mol. The highest BCUT2D eigenvalue weighted by atomic mass is 19.2. The van der Waals surface area contributed by atoms with E-state index in [1.807, 2.05) is 0 Å². The summed E-state index contributed by atoms with van der Waals surface area (Å²) in [4.78, 5) is 0. The molecule has 0 spiro atoms. The molecule has 0 aromatic carbocycles. The Morgan fingerprint density at radius 3 is 2.67 bits per heavy atom. The lowest BCUT2D eigenvalue weighted by atomic mass is 9.98. The Hall–Kier alpha value is -0.660. The van der Waals surface area contributed by atoms with Crippen LogP contribution in [0.4, 0.5) is 8.78 Å². The van der Waals surface area contributed by atoms with E-state index in [1.165, 1.54) is 25.2 Å². The Kier molecular flexibility index (Phi) is 1.39. The van der Waals surface area contributed by atoms with E-state index in [2.05, 4.69) is 6.08 Å². The van der Waals surface area contributed by atoms with E-state index in [0.717, 1.165) is 0 Å². The van der Waals surface area contributed by atoms with Crippen LogP contribution in [-0.2, 0) is 0 Å². The third-order valence-corrected chi connectivity index (χ3v) is 1.26. The molecule has 0 saturated carbocycles. The van der Waals surface area contributed by atoms with Gasteiger partial charge in [0.1, 0.15) is 0 Å². The topological polar surface area (TPSA) is 0 Å². The van der Waals surface area contributed by atoms with Crippen LogP contribution in [0.3, 0.4) is 0 Å². The fourth-order valence-corrected chi connectivity index (χ4v) is 0.624. The summed E-state index contributed by atoms with van der Waals surface area (Å²) in [5, 5.41) is 0. The van der Waals surface area contributed by atoms with Gasteiger partial charge in [-0.05, 0) is 19.1 Å². The molecule has 49 valence electrons. The summed E-state index contributed by atoms with van der Waals surface area (Å²) in [5.74, 6) is 0. The molecule has 2 atom stereocenters. The molecule has 9 heavy (non-hydrogen) atoms. The number of halogens is 2.